The van der Waals surface area contributed by atoms with Gasteiger partial charge in [0.15, 0.2) is 0 Å². The zero-order valence-electron chi connectivity index (χ0n) is 18.1. The number of fused-ring (bicyclic) bond motifs is 1. The van der Waals surface area contributed by atoms with Crippen LogP contribution in [0.3, 0.4) is 0 Å². The third-order valence-electron chi connectivity index (χ3n) is 6.28. The number of methoxy groups -OCH3 is 1. The molecule has 5 nitrogen and oxygen atoms in total. The Bertz CT molecular complexity index is 910. The summed E-state index contributed by atoms with van der Waals surface area (Å²) in [5, 5.41) is 3.05. The fraction of sp³-hybridized carbons (Fsp3) is 0.480. The highest BCUT2D eigenvalue weighted by Crippen LogP contribution is 2.38. The third-order valence-corrected chi connectivity index (χ3v) is 6.28. The molecule has 1 aliphatic carbocycles. The number of hydrogen-bond donors (Lipinski definition) is 1. The number of ether oxygens (including phenoxy) is 3. The van der Waals surface area contributed by atoms with Crippen molar-refractivity contribution in [1.82, 2.24) is 5.32 Å². The minimum Gasteiger partial charge on any atom is -0.490 e. The first-order chi connectivity index (χ1) is 15.0. The van der Waals surface area contributed by atoms with Crippen LogP contribution in [-0.2, 0) is 16.0 Å². The fourth-order valence-corrected chi connectivity index (χ4v) is 4.34. The van der Waals surface area contributed by atoms with Gasteiger partial charge in [-0.15, -0.1) is 0 Å². The van der Waals surface area contributed by atoms with Crippen molar-refractivity contribution < 1.29 is 23.4 Å². The van der Waals surface area contributed by atoms with Gasteiger partial charge in [-0.05, 0) is 75.3 Å². The number of carbonyl (C=O) groups excluding carboxylic acids is 1. The van der Waals surface area contributed by atoms with Crippen molar-refractivity contribution in [3.05, 3.63) is 59.4 Å². The lowest BCUT2D eigenvalue weighted by molar-refractivity contribution is -0.131. The van der Waals surface area contributed by atoms with Gasteiger partial charge in [-0.1, -0.05) is 18.2 Å². The highest BCUT2D eigenvalue weighted by molar-refractivity contribution is 5.80. The maximum absolute atomic E-state index is 14.1. The molecule has 1 saturated carbocycles. The monoisotopic (exact) mass is 427 g/mol. The Labute approximate surface area is 182 Å². The molecule has 2 atom stereocenters. The van der Waals surface area contributed by atoms with Gasteiger partial charge in [0.2, 0.25) is 5.91 Å². The molecule has 4 rings (SSSR count). The van der Waals surface area contributed by atoms with Crippen molar-refractivity contribution >= 4 is 5.91 Å². The van der Waals surface area contributed by atoms with Crippen molar-refractivity contribution in [2.45, 2.75) is 69.8 Å². The van der Waals surface area contributed by atoms with E-state index in [0.29, 0.717) is 5.56 Å². The Hall–Kier alpha value is -2.60. The molecule has 2 aromatic carbocycles. The van der Waals surface area contributed by atoms with Gasteiger partial charge >= 0.3 is 0 Å². The van der Waals surface area contributed by atoms with Crippen LogP contribution >= 0.6 is 0 Å². The molecule has 2 aromatic rings. The lowest BCUT2D eigenvalue weighted by Crippen LogP contribution is -2.43. The molecule has 0 bridgehead atoms. The SMILES string of the molecule is CO[C@H](C)C(=O)NC1CCC(Oc2ccc3c(c2)CCC(c2ccccc2F)O3)CC1. The zero-order valence-corrected chi connectivity index (χ0v) is 18.1. The van der Waals surface area contributed by atoms with E-state index in [-0.39, 0.29) is 30.0 Å². The van der Waals surface area contributed by atoms with Crippen LogP contribution in [0.1, 0.15) is 56.3 Å². The second-order valence-electron chi connectivity index (χ2n) is 8.41. The summed E-state index contributed by atoms with van der Waals surface area (Å²) in [6.45, 7) is 1.75. The van der Waals surface area contributed by atoms with E-state index in [1.165, 1.54) is 6.07 Å². The molecule has 1 N–H and O–H groups in total. The smallest absolute Gasteiger partial charge is 0.249 e. The quantitative estimate of drug-likeness (QED) is 0.724. The largest absolute Gasteiger partial charge is 0.490 e. The van der Waals surface area contributed by atoms with Crippen LogP contribution in [0.25, 0.3) is 0 Å². The summed E-state index contributed by atoms with van der Waals surface area (Å²) in [6.07, 6.45) is 4.60. The van der Waals surface area contributed by atoms with E-state index in [1.54, 1.807) is 26.2 Å². The molecule has 6 heteroatoms. The van der Waals surface area contributed by atoms with Crippen LogP contribution in [0.2, 0.25) is 0 Å². The predicted octanol–water partition coefficient (Wildman–Crippen LogP) is 4.73. The summed E-state index contributed by atoms with van der Waals surface area (Å²) in [5.74, 6) is 1.35. The standard InChI is InChI=1S/C25H30FNO4/c1-16(29-2)25(28)27-18-8-10-19(11-9-18)30-20-12-14-23-17(15-20)7-13-24(31-23)21-5-3-4-6-22(21)26/h3-6,12,14-16,18-19,24H,7-11,13H2,1-2H3,(H,27,28)/t16-,18?,19?,24?/m1/s1. The Morgan fingerprint density at radius 2 is 1.90 bits per heavy atom. The maximum Gasteiger partial charge on any atom is 0.249 e. The molecule has 0 aromatic heterocycles. The van der Waals surface area contributed by atoms with Crippen molar-refractivity contribution in [1.29, 1.82) is 0 Å². The maximum atomic E-state index is 14.1. The van der Waals surface area contributed by atoms with E-state index in [4.69, 9.17) is 14.2 Å². The number of amides is 1. The topological polar surface area (TPSA) is 56.8 Å². The van der Waals surface area contributed by atoms with Gasteiger partial charge in [-0.25, -0.2) is 4.39 Å². The van der Waals surface area contributed by atoms with Gasteiger partial charge in [-0.2, -0.15) is 0 Å². The number of rotatable bonds is 6. The lowest BCUT2D eigenvalue weighted by Gasteiger charge is -2.31. The number of benzene rings is 2. The summed E-state index contributed by atoms with van der Waals surface area (Å²) < 4.78 is 31.5. The Morgan fingerprint density at radius 3 is 2.65 bits per heavy atom. The van der Waals surface area contributed by atoms with Crippen LogP contribution in [0.5, 0.6) is 11.5 Å². The molecule has 2 aliphatic rings. The van der Waals surface area contributed by atoms with Crippen LogP contribution in [0.15, 0.2) is 42.5 Å². The first-order valence-electron chi connectivity index (χ1n) is 11.1. The lowest BCUT2D eigenvalue weighted by atomic mass is 9.92. The minimum atomic E-state index is -0.426. The van der Waals surface area contributed by atoms with E-state index in [1.807, 2.05) is 24.3 Å². The second kappa shape index (κ2) is 9.69. The summed E-state index contributed by atoms with van der Waals surface area (Å²) in [6, 6.07) is 12.9. The van der Waals surface area contributed by atoms with Gasteiger partial charge in [0.25, 0.3) is 0 Å². The molecule has 0 radical (unpaired) electrons. The Morgan fingerprint density at radius 1 is 1.13 bits per heavy atom. The average molecular weight is 428 g/mol. The van der Waals surface area contributed by atoms with Gasteiger partial charge in [-0.3, -0.25) is 4.79 Å². The molecule has 1 aliphatic heterocycles. The first kappa shape index (κ1) is 21.6. The van der Waals surface area contributed by atoms with Crippen molar-refractivity contribution in [2.24, 2.45) is 0 Å². The van der Waals surface area contributed by atoms with E-state index in [2.05, 4.69) is 5.32 Å². The minimum absolute atomic E-state index is 0.0600. The fourth-order valence-electron chi connectivity index (χ4n) is 4.34. The zero-order chi connectivity index (χ0) is 21.8. The van der Waals surface area contributed by atoms with Crippen LogP contribution < -0.4 is 14.8 Å². The van der Waals surface area contributed by atoms with Crippen LogP contribution in [0, 0.1) is 5.82 Å². The van der Waals surface area contributed by atoms with Gasteiger partial charge in [0, 0.05) is 18.7 Å². The molecular weight excluding hydrogens is 397 g/mol. The summed E-state index contributed by atoms with van der Waals surface area (Å²) in [4.78, 5) is 12.0. The highest BCUT2D eigenvalue weighted by atomic mass is 19.1. The Balaban J connectivity index is 1.31. The number of hydrogen-bond acceptors (Lipinski definition) is 4. The summed E-state index contributed by atoms with van der Waals surface area (Å²) in [7, 11) is 1.54. The van der Waals surface area contributed by atoms with Crippen LogP contribution in [-0.4, -0.2) is 31.3 Å². The first-order valence-corrected chi connectivity index (χ1v) is 11.1. The van der Waals surface area contributed by atoms with Crippen molar-refractivity contribution in [3.63, 3.8) is 0 Å². The van der Waals surface area contributed by atoms with Crippen LogP contribution in [0.4, 0.5) is 4.39 Å². The van der Waals surface area contributed by atoms with E-state index >= 15 is 0 Å². The normalized spacial score (nSPS) is 23.9. The summed E-state index contributed by atoms with van der Waals surface area (Å²) in [5.41, 5.74) is 1.71. The second-order valence-corrected chi connectivity index (χ2v) is 8.41. The molecule has 1 amide bonds. The molecule has 0 saturated heterocycles. The molecule has 166 valence electrons. The predicted molar refractivity (Wildman–Crippen MR) is 116 cm³/mol. The van der Waals surface area contributed by atoms with Crippen molar-refractivity contribution in [3.8, 4) is 11.5 Å². The molecule has 0 spiro atoms. The third kappa shape index (κ3) is 5.18. The van der Waals surface area contributed by atoms with E-state index in [0.717, 1.165) is 55.6 Å². The molecular formula is C25H30FNO4. The Kier molecular flexibility index (Phi) is 6.76. The molecule has 1 heterocycles. The molecule has 1 fully saturated rings. The number of aryl methyl sites for hydroxylation is 1. The number of carbonyl (C=O) groups is 1. The molecule has 1 unspecified atom stereocenters. The number of halogens is 1. The van der Waals surface area contributed by atoms with Gasteiger partial charge < -0.3 is 19.5 Å². The van der Waals surface area contributed by atoms with Gasteiger partial charge in [0.1, 0.15) is 29.5 Å². The molecule has 31 heavy (non-hydrogen) atoms. The van der Waals surface area contributed by atoms with E-state index < -0.39 is 6.10 Å². The van der Waals surface area contributed by atoms with E-state index in [9.17, 15) is 9.18 Å². The highest BCUT2D eigenvalue weighted by Gasteiger charge is 2.27. The average Bonchev–Trinajstić information content (AvgIpc) is 2.79. The van der Waals surface area contributed by atoms with Gasteiger partial charge in [0.05, 0.1) is 6.10 Å². The number of nitrogens with one attached hydrogen (secondary N) is 1. The van der Waals surface area contributed by atoms with Crippen molar-refractivity contribution in [2.75, 3.05) is 7.11 Å². The summed E-state index contributed by atoms with van der Waals surface area (Å²) >= 11 is 0.